The van der Waals surface area contributed by atoms with E-state index in [4.69, 9.17) is 10.2 Å². The van der Waals surface area contributed by atoms with E-state index >= 15 is 0 Å². The Bertz CT molecular complexity index is 459. The second kappa shape index (κ2) is 4.35. The zero-order valence-electron chi connectivity index (χ0n) is 9.47. The van der Waals surface area contributed by atoms with E-state index in [0.717, 1.165) is 17.7 Å². The summed E-state index contributed by atoms with van der Waals surface area (Å²) in [6.07, 6.45) is 0.808. The first-order valence-corrected chi connectivity index (χ1v) is 5.33. The minimum Gasteiger partial charge on any atom is -0.421 e. The number of nitrogens with two attached hydrogens (primary N) is 1. The number of nitrogen functional groups attached to an aromatic ring is 1. The summed E-state index contributed by atoms with van der Waals surface area (Å²) in [5.74, 6) is 1.75. The van der Waals surface area contributed by atoms with Gasteiger partial charge in [0.05, 0.1) is 0 Å². The molecule has 2 N–H and O–H groups in total. The van der Waals surface area contributed by atoms with Crippen LogP contribution in [0.1, 0.15) is 19.7 Å². The first-order valence-electron chi connectivity index (χ1n) is 5.33. The molecule has 2 aromatic rings. The fourth-order valence-corrected chi connectivity index (χ4v) is 1.43. The third-order valence-electron chi connectivity index (χ3n) is 2.21. The predicted molar refractivity (Wildman–Crippen MR) is 62.7 cm³/mol. The largest absolute Gasteiger partial charge is 0.421 e. The number of benzene rings is 1. The maximum absolute atomic E-state index is 5.61. The fourth-order valence-electron chi connectivity index (χ4n) is 1.43. The van der Waals surface area contributed by atoms with Gasteiger partial charge in [-0.15, -0.1) is 10.2 Å². The van der Waals surface area contributed by atoms with Crippen molar-refractivity contribution in [3.8, 4) is 11.5 Å². The Morgan fingerprint density at radius 1 is 1.19 bits per heavy atom. The van der Waals surface area contributed by atoms with Crippen LogP contribution in [0.4, 0.5) is 5.69 Å². The van der Waals surface area contributed by atoms with Crippen LogP contribution in [-0.4, -0.2) is 10.2 Å². The molecule has 84 valence electrons. The number of hydrogen-bond acceptors (Lipinski definition) is 4. The highest BCUT2D eigenvalue weighted by Crippen LogP contribution is 2.19. The van der Waals surface area contributed by atoms with Crippen molar-refractivity contribution in [1.82, 2.24) is 10.2 Å². The molecule has 4 nitrogen and oxygen atoms in total. The molecule has 0 aliphatic rings. The molecular formula is C12H15N3O. The minimum absolute atomic E-state index is 0.514. The first kappa shape index (κ1) is 10.7. The van der Waals surface area contributed by atoms with Gasteiger partial charge < -0.3 is 10.2 Å². The highest BCUT2D eigenvalue weighted by molar-refractivity contribution is 5.56. The highest BCUT2D eigenvalue weighted by Gasteiger charge is 2.09. The number of anilines is 1. The number of aromatic nitrogens is 2. The summed E-state index contributed by atoms with van der Waals surface area (Å²) in [6, 6.07) is 7.40. The van der Waals surface area contributed by atoms with E-state index in [1.807, 2.05) is 24.3 Å². The van der Waals surface area contributed by atoms with Crippen molar-refractivity contribution in [3.63, 3.8) is 0 Å². The van der Waals surface area contributed by atoms with E-state index in [1.54, 1.807) is 0 Å². The normalized spacial score (nSPS) is 10.9. The lowest BCUT2D eigenvalue weighted by Gasteiger charge is -1.97. The third-order valence-corrected chi connectivity index (χ3v) is 2.21. The third kappa shape index (κ3) is 2.39. The lowest BCUT2D eigenvalue weighted by atomic mass is 10.1. The van der Waals surface area contributed by atoms with Crippen LogP contribution in [0, 0.1) is 5.92 Å². The van der Waals surface area contributed by atoms with Crippen LogP contribution in [0.3, 0.4) is 0 Å². The maximum atomic E-state index is 5.61. The van der Waals surface area contributed by atoms with Crippen molar-refractivity contribution in [2.24, 2.45) is 5.92 Å². The molecule has 4 heteroatoms. The van der Waals surface area contributed by atoms with E-state index in [2.05, 4.69) is 24.0 Å². The van der Waals surface area contributed by atoms with Crippen LogP contribution in [-0.2, 0) is 6.42 Å². The van der Waals surface area contributed by atoms with Crippen LogP contribution in [0.5, 0.6) is 0 Å². The Kier molecular flexibility index (Phi) is 2.90. The van der Waals surface area contributed by atoms with Crippen LogP contribution < -0.4 is 5.73 Å². The summed E-state index contributed by atoms with van der Waals surface area (Å²) in [5.41, 5.74) is 7.24. The molecule has 0 radical (unpaired) electrons. The number of nitrogens with zero attached hydrogens (tertiary/aromatic N) is 2. The molecular weight excluding hydrogens is 202 g/mol. The Morgan fingerprint density at radius 2 is 1.88 bits per heavy atom. The Labute approximate surface area is 94.5 Å². The van der Waals surface area contributed by atoms with Gasteiger partial charge in [0.25, 0.3) is 0 Å². The average molecular weight is 217 g/mol. The zero-order chi connectivity index (χ0) is 11.5. The molecule has 0 saturated heterocycles. The lowest BCUT2D eigenvalue weighted by Crippen LogP contribution is -1.93. The summed E-state index contributed by atoms with van der Waals surface area (Å²) < 4.78 is 5.56. The van der Waals surface area contributed by atoms with E-state index < -0.39 is 0 Å². The Balaban J connectivity index is 2.21. The van der Waals surface area contributed by atoms with Gasteiger partial charge in [-0.3, -0.25) is 0 Å². The molecule has 1 aromatic carbocycles. The summed E-state index contributed by atoms with van der Waals surface area (Å²) in [4.78, 5) is 0. The molecule has 0 amide bonds. The van der Waals surface area contributed by atoms with Gasteiger partial charge in [-0.1, -0.05) is 13.8 Å². The van der Waals surface area contributed by atoms with Gasteiger partial charge in [0, 0.05) is 17.7 Å². The molecule has 0 aliphatic carbocycles. The molecule has 0 atom stereocenters. The molecule has 0 saturated carbocycles. The van der Waals surface area contributed by atoms with Crippen molar-refractivity contribution in [2.75, 3.05) is 5.73 Å². The molecule has 1 heterocycles. The topological polar surface area (TPSA) is 64.9 Å². The smallest absolute Gasteiger partial charge is 0.247 e. The van der Waals surface area contributed by atoms with E-state index in [9.17, 15) is 0 Å². The van der Waals surface area contributed by atoms with E-state index in [-0.39, 0.29) is 0 Å². The number of rotatable bonds is 3. The lowest BCUT2D eigenvalue weighted by molar-refractivity contribution is 0.466. The van der Waals surface area contributed by atoms with Crippen LogP contribution in [0.25, 0.3) is 11.5 Å². The van der Waals surface area contributed by atoms with Gasteiger partial charge in [0.15, 0.2) is 0 Å². The minimum atomic E-state index is 0.514. The standard InChI is InChI=1S/C12H15N3O/c1-8(2)7-11-14-15-12(16-11)9-3-5-10(13)6-4-9/h3-6,8H,7,13H2,1-2H3. The monoisotopic (exact) mass is 217 g/mol. The molecule has 0 bridgehead atoms. The molecule has 0 aliphatic heterocycles. The molecule has 0 fully saturated rings. The summed E-state index contributed by atoms with van der Waals surface area (Å²) >= 11 is 0. The molecule has 0 unspecified atom stereocenters. The SMILES string of the molecule is CC(C)Cc1nnc(-c2ccc(N)cc2)o1. The van der Waals surface area contributed by atoms with Crippen LogP contribution in [0.15, 0.2) is 28.7 Å². The Hall–Kier alpha value is -1.84. The van der Waals surface area contributed by atoms with Gasteiger partial charge in [0.2, 0.25) is 11.8 Å². The second-order valence-electron chi connectivity index (χ2n) is 4.22. The maximum Gasteiger partial charge on any atom is 0.247 e. The highest BCUT2D eigenvalue weighted by atomic mass is 16.4. The van der Waals surface area contributed by atoms with Gasteiger partial charge in [-0.2, -0.15) is 0 Å². The molecule has 16 heavy (non-hydrogen) atoms. The average Bonchev–Trinajstić information content (AvgIpc) is 2.66. The summed E-state index contributed by atoms with van der Waals surface area (Å²) in [5, 5.41) is 8.02. The molecule has 2 rings (SSSR count). The summed E-state index contributed by atoms with van der Waals surface area (Å²) in [6.45, 7) is 4.24. The van der Waals surface area contributed by atoms with Gasteiger partial charge in [-0.05, 0) is 30.2 Å². The number of hydrogen-bond donors (Lipinski definition) is 1. The van der Waals surface area contributed by atoms with Crippen molar-refractivity contribution in [1.29, 1.82) is 0 Å². The van der Waals surface area contributed by atoms with E-state index in [0.29, 0.717) is 17.7 Å². The van der Waals surface area contributed by atoms with Gasteiger partial charge in [-0.25, -0.2) is 0 Å². The second-order valence-corrected chi connectivity index (χ2v) is 4.22. The fraction of sp³-hybridized carbons (Fsp3) is 0.333. The first-order chi connectivity index (χ1) is 7.65. The predicted octanol–water partition coefficient (Wildman–Crippen LogP) is 2.52. The van der Waals surface area contributed by atoms with E-state index in [1.165, 1.54) is 0 Å². The van der Waals surface area contributed by atoms with Crippen molar-refractivity contribution in [3.05, 3.63) is 30.2 Å². The van der Waals surface area contributed by atoms with Crippen LogP contribution in [0.2, 0.25) is 0 Å². The van der Waals surface area contributed by atoms with Crippen LogP contribution >= 0.6 is 0 Å². The summed E-state index contributed by atoms with van der Waals surface area (Å²) in [7, 11) is 0. The quantitative estimate of drug-likeness (QED) is 0.802. The van der Waals surface area contributed by atoms with Crippen molar-refractivity contribution < 1.29 is 4.42 Å². The van der Waals surface area contributed by atoms with Gasteiger partial charge in [0.1, 0.15) is 0 Å². The van der Waals surface area contributed by atoms with Gasteiger partial charge >= 0.3 is 0 Å². The van der Waals surface area contributed by atoms with Crippen molar-refractivity contribution in [2.45, 2.75) is 20.3 Å². The molecule has 1 aromatic heterocycles. The molecule has 0 spiro atoms. The van der Waals surface area contributed by atoms with Crippen molar-refractivity contribution >= 4 is 5.69 Å². The zero-order valence-corrected chi connectivity index (χ0v) is 9.47. The Morgan fingerprint density at radius 3 is 2.50 bits per heavy atom.